The average molecular weight is 206 g/mol. The monoisotopic (exact) mass is 206 g/mol. The van der Waals surface area contributed by atoms with Gasteiger partial charge in [0.2, 0.25) is 5.91 Å². The first-order valence-corrected chi connectivity index (χ1v) is 5.30. The van der Waals surface area contributed by atoms with Crippen LogP contribution >= 0.6 is 0 Å². The Hall–Kier alpha value is -1.51. The molecule has 3 heteroatoms. The van der Waals surface area contributed by atoms with E-state index in [1.54, 1.807) is 12.1 Å². The summed E-state index contributed by atoms with van der Waals surface area (Å²) in [6.45, 7) is 4.02. The highest BCUT2D eigenvalue weighted by atomic mass is 16.1. The largest absolute Gasteiger partial charge is 0.399 e. The van der Waals surface area contributed by atoms with E-state index in [0.29, 0.717) is 5.69 Å². The predicted octanol–water partition coefficient (Wildman–Crippen LogP) is 2.64. The molecule has 1 aromatic carbocycles. The highest BCUT2D eigenvalue weighted by molar-refractivity contribution is 5.92. The summed E-state index contributed by atoms with van der Waals surface area (Å²) in [7, 11) is 0. The zero-order valence-corrected chi connectivity index (χ0v) is 9.29. The third-order valence-electron chi connectivity index (χ3n) is 2.35. The van der Waals surface area contributed by atoms with Crippen molar-refractivity contribution in [3.05, 3.63) is 24.3 Å². The number of hydrogen-bond acceptors (Lipinski definition) is 2. The molecule has 0 saturated heterocycles. The normalized spacial score (nSPS) is 12.1. The maximum Gasteiger partial charge on any atom is 0.227 e. The van der Waals surface area contributed by atoms with E-state index < -0.39 is 0 Å². The molecular weight excluding hydrogens is 188 g/mol. The van der Waals surface area contributed by atoms with Crippen molar-refractivity contribution in [3.63, 3.8) is 0 Å². The zero-order valence-electron chi connectivity index (χ0n) is 9.29. The van der Waals surface area contributed by atoms with Crippen LogP contribution in [0, 0.1) is 5.92 Å². The molecule has 0 radical (unpaired) electrons. The van der Waals surface area contributed by atoms with E-state index in [4.69, 9.17) is 5.73 Å². The molecule has 0 spiro atoms. The van der Waals surface area contributed by atoms with Crippen LogP contribution in [0.25, 0.3) is 0 Å². The molecule has 0 unspecified atom stereocenters. The Labute approximate surface area is 90.7 Å². The van der Waals surface area contributed by atoms with Crippen molar-refractivity contribution >= 4 is 17.3 Å². The van der Waals surface area contributed by atoms with Gasteiger partial charge in [0.15, 0.2) is 0 Å². The van der Waals surface area contributed by atoms with Gasteiger partial charge in [-0.2, -0.15) is 0 Å². The van der Waals surface area contributed by atoms with Gasteiger partial charge >= 0.3 is 0 Å². The Bertz CT molecular complexity index is 319. The number of anilines is 2. The molecular formula is C12H18N2O. The van der Waals surface area contributed by atoms with Gasteiger partial charge in [-0.05, 0) is 30.7 Å². The number of nitrogens with two attached hydrogens (primary N) is 1. The van der Waals surface area contributed by atoms with Gasteiger partial charge in [-0.15, -0.1) is 0 Å². The molecule has 1 atom stereocenters. The molecule has 0 fully saturated rings. The molecule has 0 aliphatic carbocycles. The van der Waals surface area contributed by atoms with E-state index in [0.717, 1.165) is 18.5 Å². The molecule has 0 aromatic heterocycles. The summed E-state index contributed by atoms with van der Waals surface area (Å²) < 4.78 is 0. The molecule has 15 heavy (non-hydrogen) atoms. The highest BCUT2D eigenvalue weighted by Gasteiger charge is 2.11. The van der Waals surface area contributed by atoms with Gasteiger partial charge in [-0.25, -0.2) is 0 Å². The van der Waals surface area contributed by atoms with Crippen LogP contribution in [0.15, 0.2) is 24.3 Å². The third kappa shape index (κ3) is 3.62. The minimum atomic E-state index is 0.0625. The minimum Gasteiger partial charge on any atom is -0.399 e. The first kappa shape index (κ1) is 11.6. The van der Waals surface area contributed by atoms with Crippen LogP contribution in [0.1, 0.15) is 26.7 Å². The summed E-state index contributed by atoms with van der Waals surface area (Å²) in [5.74, 6) is 0.133. The van der Waals surface area contributed by atoms with E-state index in [-0.39, 0.29) is 11.8 Å². The number of carbonyl (C=O) groups excluding carboxylic acids is 1. The maximum atomic E-state index is 11.6. The van der Waals surface area contributed by atoms with E-state index in [1.807, 2.05) is 19.1 Å². The van der Waals surface area contributed by atoms with E-state index in [2.05, 4.69) is 12.2 Å². The van der Waals surface area contributed by atoms with Crippen LogP contribution < -0.4 is 11.1 Å². The van der Waals surface area contributed by atoms with Crippen molar-refractivity contribution in [3.8, 4) is 0 Å². The van der Waals surface area contributed by atoms with Crippen LogP contribution in [-0.2, 0) is 4.79 Å². The molecule has 1 rings (SSSR count). The van der Waals surface area contributed by atoms with E-state index >= 15 is 0 Å². The van der Waals surface area contributed by atoms with Crippen molar-refractivity contribution in [1.29, 1.82) is 0 Å². The van der Waals surface area contributed by atoms with Gasteiger partial charge in [0.05, 0.1) is 0 Å². The maximum absolute atomic E-state index is 11.6. The summed E-state index contributed by atoms with van der Waals surface area (Å²) in [6.07, 6.45) is 1.94. The van der Waals surface area contributed by atoms with Gasteiger partial charge < -0.3 is 11.1 Å². The Morgan fingerprint density at radius 1 is 1.40 bits per heavy atom. The highest BCUT2D eigenvalue weighted by Crippen LogP contribution is 2.13. The van der Waals surface area contributed by atoms with Crippen LogP contribution in [0.2, 0.25) is 0 Å². The topological polar surface area (TPSA) is 55.1 Å². The molecule has 1 amide bonds. The summed E-state index contributed by atoms with van der Waals surface area (Å²) in [5, 5.41) is 2.86. The van der Waals surface area contributed by atoms with Crippen molar-refractivity contribution in [1.82, 2.24) is 0 Å². The van der Waals surface area contributed by atoms with Gasteiger partial charge in [-0.3, -0.25) is 4.79 Å². The lowest BCUT2D eigenvalue weighted by Gasteiger charge is -2.10. The second kappa shape index (κ2) is 5.39. The predicted molar refractivity (Wildman–Crippen MR) is 63.6 cm³/mol. The van der Waals surface area contributed by atoms with Gasteiger partial charge in [0.25, 0.3) is 0 Å². The van der Waals surface area contributed by atoms with Gasteiger partial charge in [-0.1, -0.05) is 20.3 Å². The first-order chi connectivity index (χ1) is 7.13. The number of hydrogen-bond donors (Lipinski definition) is 2. The number of rotatable bonds is 4. The second-order valence-electron chi connectivity index (χ2n) is 3.80. The average Bonchev–Trinajstić information content (AvgIpc) is 2.22. The Morgan fingerprint density at radius 2 is 2.00 bits per heavy atom. The fraction of sp³-hybridized carbons (Fsp3) is 0.417. The molecule has 0 bridgehead atoms. The zero-order chi connectivity index (χ0) is 11.3. The fourth-order valence-corrected chi connectivity index (χ4v) is 1.40. The first-order valence-electron chi connectivity index (χ1n) is 5.30. The SMILES string of the molecule is CCC[C@H](C)C(=O)Nc1ccc(N)cc1. The lowest BCUT2D eigenvalue weighted by Crippen LogP contribution is -2.20. The summed E-state index contributed by atoms with van der Waals surface area (Å²) >= 11 is 0. The van der Waals surface area contributed by atoms with Crippen molar-refractivity contribution in [2.24, 2.45) is 5.92 Å². The Kier molecular flexibility index (Phi) is 4.16. The van der Waals surface area contributed by atoms with Crippen molar-refractivity contribution < 1.29 is 4.79 Å². The lowest BCUT2D eigenvalue weighted by molar-refractivity contribution is -0.119. The molecule has 82 valence electrons. The molecule has 0 aliphatic heterocycles. The summed E-state index contributed by atoms with van der Waals surface area (Å²) in [6, 6.07) is 7.18. The smallest absolute Gasteiger partial charge is 0.227 e. The molecule has 0 aliphatic rings. The molecule has 3 nitrogen and oxygen atoms in total. The number of carbonyl (C=O) groups is 1. The molecule has 3 N–H and O–H groups in total. The summed E-state index contributed by atoms with van der Waals surface area (Å²) in [5.41, 5.74) is 7.06. The minimum absolute atomic E-state index is 0.0625. The van der Waals surface area contributed by atoms with Gasteiger partial charge in [0, 0.05) is 17.3 Å². The van der Waals surface area contributed by atoms with E-state index in [9.17, 15) is 4.79 Å². The van der Waals surface area contributed by atoms with Crippen LogP contribution in [0.4, 0.5) is 11.4 Å². The van der Waals surface area contributed by atoms with E-state index in [1.165, 1.54) is 0 Å². The molecule has 0 heterocycles. The number of benzene rings is 1. The van der Waals surface area contributed by atoms with Crippen LogP contribution in [0.5, 0.6) is 0 Å². The molecule has 1 aromatic rings. The quantitative estimate of drug-likeness (QED) is 0.744. The van der Waals surface area contributed by atoms with Crippen LogP contribution in [-0.4, -0.2) is 5.91 Å². The fourth-order valence-electron chi connectivity index (χ4n) is 1.40. The number of nitrogens with one attached hydrogen (secondary N) is 1. The van der Waals surface area contributed by atoms with Crippen molar-refractivity contribution in [2.45, 2.75) is 26.7 Å². The van der Waals surface area contributed by atoms with Gasteiger partial charge in [0.1, 0.15) is 0 Å². The number of amides is 1. The molecule has 0 saturated carbocycles. The third-order valence-corrected chi connectivity index (χ3v) is 2.35. The Balaban J connectivity index is 2.54. The Morgan fingerprint density at radius 3 is 2.53 bits per heavy atom. The second-order valence-corrected chi connectivity index (χ2v) is 3.80. The number of nitrogen functional groups attached to an aromatic ring is 1. The van der Waals surface area contributed by atoms with Crippen LogP contribution in [0.3, 0.4) is 0 Å². The standard InChI is InChI=1S/C12H18N2O/c1-3-4-9(2)12(15)14-11-7-5-10(13)6-8-11/h5-9H,3-4,13H2,1-2H3,(H,14,15)/t9-/m0/s1. The lowest BCUT2D eigenvalue weighted by atomic mass is 10.1. The summed E-state index contributed by atoms with van der Waals surface area (Å²) in [4.78, 5) is 11.6. The van der Waals surface area contributed by atoms with Crippen molar-refractivity contribution in [2.75, 3.05) is 11.1 Å².